The highest BCUT2D eigenvalue weighted by Crippen LogP contribution is 2.42. The minimum atomic E-state index is -4.81. The Labute approximate surface area is 217 Å². The molecule has 2 amide bonds. The zero-order valence-electron chi connectivity index (χ0n) is 21.0. The first-order valence-electron chi connectivity index (χ1n) is 11.8. The highest BCUT2D eigenvalue weighted by atomic mass is 32.2. The number of hydrazine groups is 1. The number of allylic oxidation sites excluding steroid dienone is 2. The van der Waals surface area contributed by atoms with Crippen molar-refractivity contribution in [1.29, 1.82) is 0 Å². The van der Waals surface area contributed by atoms with Crippen molar-refractivity contribution in [2.45, 2.75) is 58.9 Å². The maximum atomic E-state index is 13.5. The van der Waals surface area contributed by atoms with Crippen molar-refractivity contribution in [3.8, 4) is 5.75 Å². The molecule has 1 aromatic rings. The molecule has 1 heterocycles. The molecule has 0 radical (unpaired) electrons. The average Bonchev–Trinajstić information content (AvgIpc) is 3.18. The lowest BCUT2D eigenvalue weighted by molar-refractivity contribution is -0.274. The van der Waals surface area contributed by atoms with Gasteiger partial charge in [0.2, 0.25) is 0 Å². The van der Waals surface area contributed by atoms with Crippen LogP contribution in [-0.4, -0.2) is 47.2 Å². The summed E-state index contributed by atoms with van der Waals surface area (Å²) < 4.78 is 46.6. The number of hydrogen-bond donors (Lipinski definition) is 2. The van der Waals surface area contributed by atoms with Gasteiger partial charge < -0.3 is 14.8 Å². The van der Waals surface area contributed by atoms with Crippen LogP contribution in [0.5, 0.6) is 5.75 Å². The van der Waals surface area contributed by atoms with Crippen molar-refractivity contribution in [1.82, 2.24) is 15.8 Å². The lowest BCUT2D eigenvalue weighted by atomic mass is 9.86. The number of alkyl halides is 3. The number of unbranched alkanes of at least 4 members (excludes halogenated alkanes) is 1. The summed E-state index contributed by atoms with van der Waals surface area (Å²) in [4.78, 5) is 39.4. The Balaban J connectivity index is 1.85. The summed E-state index contributed by atoms with van der Waals surface area (Å²) in [5.41, 5.74) is 2.92. The SMILES string of the molecule is CCCCNC(=O)C1=CC(Cc2ccc(OC(F)(F)F)cc2)C(=O)C2=C1SCN2NC(=O)OC(C)(C)C. The van der Waals surface area contributed by atoms with E-state index in [9.17, 15) is 27.6 Å². The molecule has 37 heavy (non-hydrogen) atoms. The summed E-state index contributed by atoms with van der Waals surface area (Å²) >= 11 is 1.25. The standard InChI is InChI=1S/C25H30F3N3O5S/c1-5-6-11-29-22(33)18-13-16(12-15-7-9-17(10-8-15)35-25(26,27)28)20(32)19-21(18)37-14-31(19)30-23(34)36-24(2,3)4/h7-10,13,16H,5-6,11-12,14H2,1-4H3,(H,29,33)(H,30,34). The summed E-state index contributed by atoms with van der Waals surface area (Å²) in [5, 5.41) is 4.23. The zero-order valence-corrected chi connectivity index (χ0v) is 21.8. The molecule has 8 nitrogen and oxygen atoms in total. The Morgan fingerprint density at radius 1 is 1.16 bits per heavy atom. The van der Waals surface area contributed by atoms with Gasteiger partial charge in [-0.15, -0.1) is 13.2 Å². The molecule has 1 aromatic carbocycles. The molecule has 12 heteroatoms. The predicted molar refractivity (Wildman–Crippen MR) is 132 cm³/mol. The van der Waals surface area contributed by atoms with Gasteiger partial charge in [-0.2, -0.15) is 0 Å². The normalized spacial score (nSPS) is 17.8. The average molecular weight is 542 g/mol. The Bertz CT molecular complexity index is 1090. The third-order valence-electron chi connectivity index (χ3n) is 5.30. The lowest BCUT2D eigenvalue weighted by Gasteiger charge is -2.28. The molecule has 0 fully saturated rings. The molecule has 0 bridgehead atoms. The van der Waals surface area contributed by atoms with Crippen molar-refractivity contribution in [2.75, 3.05) is 12.4 Å². The van der Waals surface area contributed by atoms with Gasteiger partial charge >= 0.3 is 12.5 Å². The van der Waals surface area contributed by atoms with Crippen LogP contribution in [0, 0.1) is 5.92 Å². The molecule has 0 saturated carbocycles. The number of halogens is 3. The van der Waals surface area contributed by atoms with E-state index in [-0.39, 0.29) is 35.4 Å². The molecule has 1 unspecified atom stereocenters. The van der Waals surface area contributed by atoms with Gasteiger partial charge in [-0.1, -0.05) is 43.3 Å². The Morgan fingerprint density at radius 3 is 2.43 bits per heavy atom. The van der Waals surface area contributed by atoms with E-state index in [1.54, 1.807) is 26.8 Å². The molecule has 0 saturated heterocycles. The number of benzene rings is 1. The third-order valence-corrected chi connectivity index (χ3v) is 6.39. The minimum Gasteiger partial charge on any atom is -0.443 e. The van der Waals surface area contributed by atoms with Crippen LogP contribution in [0.1, 0.15) is 46.1 Å². The number of nitrogens with one attached hydrogen (secondary N) is 2. The van der Waals surface area contributed by atoms with Gasteiger partial charge in [-0.05, 0) is 51.3 Å². The van der Waals surface area contributed by atoms with E-state index < -0.39 is 24.0 Å². The van der Waals surface area contributed by atoms with Gasteiger partial charge in [0.05, 0.1) is 16.4 Å². The van der Waals surface area contributed by atoms with Crippen LogP contribution >= 0.6 is 11.8 Å². The van der Waals surface area contributed by atoms with Crippen LogP contribution < -0.4 is 15.5 Å². The number of nitrogens with zero attached hydrogens (tertiary/aromatic N) is 1. The fraction of sp³-hybridized carbons (Fsp3) is 0.480. The monoisotopic (exact) mass is 541 g/mol. The van der Waals surface area contributed by atoms with Gasteiger partial charge in [-0.3, -0.25) is 14.6 Å². The van der Waals surface area contributed by atoms with Crippen molar-refractivity contribution < 1.29 is 37.0 Å². The first-order chi connectivity index (χ1) is 17.3. The molecule has 202 valence electrons. The van der Waals surface area contributed by atoms with Crippen LogP contribution in [0.3, 0.4) is 0 Å². The number of hydrogen-bond acceptors (Lipinski definition) is 7. The Morgan fingerprint density at radius 2 is 1.84 bits per heavy atom. The number of ether oxygens (including phenoxy) is 2. The maximum Gasteiger partial charge on any atom is 0.573 e. The summed E-state index contributed by atoms with van der Waals surface area (Å²) in [6, 6.07) is 5.22. The summed E-state index contributed by atoms with van der Waals surface area (Å²) in [6.45, 7) is 7.61. The first-order valence-corrected chi connectivity index (χ1v) is 12.8. The molecule has 1 aliphatic carbocycles. The number of thioether (sulfide) groups is 1. The number of rotatable bonds is 8. The second-order valence-electron chi connectivity index (χ2n) is 9.55. The van der Waals surface area contributed by atoms with Gasteiger partial charge in [0.1, 0.15) is 17.0 Å². The molecule has 3 rings (SSSR count). The minimum absolute atomic E-state index is 0.137. The van der Waals surface area contributed by atoms with Crippen molar-refractivity contribution in [3.05, 3.63) is 52.1 Å². The van der Waals surface area contributed by atoms with Gasteiger partial charge in [0.15, 0.2) is 5.78 Å². The molecule has 1 aliphatic heterocycles. The van der Waals surface area contributed by atoms with E-state index in [1.165, 1.54) is 41.0 Å². The van der Waals surface area contributed by atoms with Crippen molar-refractivity contribution >= 4 is 29.5 Å². The fourth-order valence-electron chi connectivity index (χ4n) is 3.75. The number of amides is 2. The van der Waals surface area contributed by atoms with E-state index in [4.69, 9.17) is 4.74 Å². The quantitative estimate of drug-likeness (QED) is 0.455. The van der Waals surface area contributed by atoms with Crippen LogP contribution in [0.25, 0.3) is 0 Å². The van der Waals surface area contributed by atoms with Gasteiger partial charge in [0, 0.05) is 12.5 Å². The largest absolute Gasteiger partial charge is 0.573 e. The van der Waals surface area contributed by atoms with E-state index in [0.717, 1.165) is 12.8 Å². The zero-order chi connectivity index (χ0) is 27.4. The molecule has 0 spiro atoms. The summed E-state index contributed by atoms with van der Waals surface area (Å²) in [5.74, 6) is -1.61. The van der Waals surface area contributed by atoms with E-state index in [0.29, 0.717) is 22.6 Å². The third kappa shape index (κ3) is 7.91. The van der Waals surface area contributed by atoms with E-state index in [1.807, 2.05) is 6.92 Å². The molecule has 2 aliphatic rings. The van der Waals surface area contributed by atoms with Gasteiger partial charge in [-0.25, -0.2) is 10.2 Å². The van der Waals surface area contributed by atoms with Crippen molar-refractivity contribution in [2.24, 2.45) is 5.92 Å². The molecular formula is C25H30F3N3O5S. The second-order valence-corrected chi connectivity index (χ2v) is 10.5. The van der Waals surface area contributed by atoms with Crippen LogP contribution in [-0.2, 0) is 20.7 Å². The van der Waals surface area contributed by atoms with Crippen LogP contribution in [0.4, 0.5) is 18.0 Å². The molecule has 0 aromatic heterocycles. The van der Waals surface area contributed by atoms with Crippen LogP contribution in [0.2, 0.25) is 0 Å². The first kappa shape index (κ1) is 28.4. The summed E-state index contributed by atoms with van der Waals surface area (Å²) in [7, 11) is 0. The van der Waals surface area contributed by atoms with E-state index in [2.05, 4.69) is 15.5 Å². The Hall–Kier alpha value is -3.15. The maximum absolute atomic E-state index is 13.5. The highest BCUT2D eigenvalue weighted by molar-refractivity contribution is 8.03. The highest BCUT2D eigenvalue weighted by Gasteiger charge is 2.40. The molecular weight excluding hydrogens is 511 g/mol. The number of Topliss-reactive ketones (excluding diaryl/α,β-unsaturated/α-hetero) is 1. The second kappa shape index (κ2) is 11.5. The molecule has 1 atom stereocenters. The molecule has 2 N–H and O–H groups in total. The fourth-order valence-corrected chi connectivity index (χ4v) is 4.86. The van der Waals surface area contributed by atoms with Crippen molar-refractivity contribution in [3.63, 3.8) is 0 Å². The van der Waals surface area contributed by atoms with Gasteiger partial charge in [0.25, 0.3) is 5.91 Å². The Kier molecular flexibility index (Phi) is 8.83. The number of carbonyl (C=O) groups is 3. The number of carbonyl (C=O) groups excluding carboxylic acids is 3. The predicted octanol–water partition coefficient (Wildman–Crippen LogP) is 4.83. The van der Waals surface area contributed by atoms with E-state index >= 15 is 0 Å². The summed E-state index contributed by atoms with van der Waals surface area (Å²) in [6.07, 6.45) is -2.14. The topological polar surface area (TPSA) is 97.0 Å². The smallest absolute Gasteiger partial charge is 0.443 e. The van der Waals surface area contributed by atoms with Crippen LogP contribution in [0.15, 0.2) is 46.5 Å². The lowest BCUT2D eigenvalue weighted by Crippen LogP contribution is -2.45. The number of ketones is 1.